The van der Waals surface area contributed by atoms with Crippen LogP contribution in [0.15, 0.2) is 24.3 Å². The second-order valence-electron chi connectivity index (χ2n) is 5.15. The van der Waals surface area contributed by atoms with E-state index in [9.17, 15) is 5.26 Å². The van der Waals surface area contributed by atoms with Crippen LogP contribution in [-0.4, -0.2) is 51.2 Å². The van der Waals surface area contributed by atoms with Gasteiger partial charge in [0.1, 0.15) is 6.07 Å². The normalized spacial score (nSPS) is 20.9. The van der Waals surface area contributed by atoms with Crippen molar-refractivity contribution >= 4 is 5.69 Å². The van der Waals surface area contributed by atoms with Crippen LogP contribution in [0.25, 0.3) is 0 Å². The molecule has 4 nitrogen and oxygen atoms in total. The van der Waals surface area contributed by atoms with Crippen LogP contribution < -0.4 is 10.2 Å². The molecule has 1 aliphatic rings. The van der Waals surface area contributed by atoms with Gasteiger partial charge in [0.25, 0.3) is 0 Å². The largest absolute Gasteiger partial charge is 0.365 e. The van der Waals surface area contributed by atoms with Gasteiger partial charge in [-0.15, -0.1) is 0 Å². The van der Waals surface area contributed by atoms with Gasteiger partial charge in [0, 0.05) is 19.6 Å². The van der Waals surface area contributed by atoms with Gasteiger partial charge in [0.2, 0.25) is 0 Å². The van der Waals surface area contributed by atoms with E-state index in [1.807, 2.05) is 25.2 Å². The summed E-state index contributed by atoms with van der Waals surface area (Å²) in [7, 11) is 4.15. The molecule has 0 bridgehead atoms. The molecule has 1 N–H and O–H groups in total. The molecule has 1 aliphatic heterocycles. The Morgan fingerprint density at radius 2 is 2.16 bits per heavy atom. The van der Waals surface area contributed by atoms with E-state index in [0.717, 1.165) is 43.9 Å². The van der Waals surface area contributed by atoms with Gasteiger partial charge < -0.3 is 15.1 Å². The maximum atomic E-state index is 9.28. The number of hydrogen-bond donors (Lipinski definition) is 1. The third kappa shape index (κ3) is 3.25. The fraction of sp³-hybridized carbons (Fsp3) is 0.533. The molecule has 0 spiro atoms. The number of para-hydroxylation sites is 1. The molecular weight excluding hydrogens is 236 g/mol. The number of likely N-dealkylation sites (N-methyl/N-ethyl adjacent to an activating group) is 2. The van der Waals surface area contributed by atoms with Crippen molar-refractivity contribution in [3.63, 3.8) is 0 Å². The predicted molar refractivity (Wildman–Crippen MR) is 78.3 cm³/mol. The molecule has 4 heteroatoms. The summed E-state index contributed by atoms with van der Waals surface area (Å²) in [4.78, 5) is 4.76. The van der Waals surface area contributed by atoms with Crippen molar-refractivity contribution in [1.29, 1.82) is 5.26 Å². The van der Waals surface area contributed by atoms with Crippen LogP contribution in [0.4, 0.5) is 5.69 Å². The van der Waals surface area contributed by atoms with Gasteiger partial charge in [0.15, 0.2) is 0 Å². The van der Waals surface area contributed by atoms with Crippen molar-refractivity contribution < 1.29 is 0 Å². The Balaban J connectivity index is 2.30. The predicted octanol–water partition coefficient (Wildman–Crippen LogP) is 1.29. The molecule has 2 rings (SSSR count). The molecule has 1 saturated heterocycles. The lowest BCUT2D eigenvalue weighted by Crippen LogP contribution is -2.46. The Hall–Kier alpha value is -1.57. The topological polar surface area (TPSA) is 42.3 Å². The zero-order chi connectivity index (χ0) is 13.7. The lowest BCUT2D eigenvalue weighted by atomic mass is 10.1. The van der Waals surface area contributed by atoms with Crippen molar-refractivity contribution in [2.75, 3.05) is 45.2 Å². The quantitative estimate of drug-likeness (QED) is 0.887. The second-order valence-corrected chi connectivity index (χ2v) is 5.15. The van der Waals surface area contributed by atoms with Crippen LogP contribution in [0.1, 0.15) is 12.0 Å². The van der Waals surface area contributed by atoms with Crippen molar-refractivity contribution in [3.8, 4) is 6.07 Å². The smallest absolute Gasteiger partial charge is 0.101 e. The third-order valence-electron chi connectivity index (χ3n) is 3.68. The van der Waals surface area contributed by atoms with Gasteiger partial charge in [-0.25, -0.2) is 0 Å². The molecule has 0 radical (unpaired) electrons. The van der Waals surface area contributed by atoms with Crippen molar-refractivity contribution in [2.24, 2.45) is 0 Å². The van der Waals surface area contributed by atoms with Crippen LogP contribution >= 0.6 is 0 Å². The summed E-state index contributed by atoms with van der Waals surface area (Å²) in [6.45, 7) is 4.09. The van der Waals surface area contributed by atoms with E-state index in [2.05, 4.69) is 34.3 Å². The number of nitriles is 1. The van der Waals surface area contributed by atoms with Crippen molar-refractivity contribution in [2.45, 2.75) is 12.5 Å². The van der Waals surface area contributed by atoms with Gasteiger partial charge in [-0.1, -0.05) is 12.1 Å². The zero-order valence-corrected chi connectivity index (χ0v) is 11.8. The highest BCUT2D eigenvalue weighted by Gasteiger charge is 2.24. The molecular formula is C15H22N4. The van der Waals surface area contributed by atoms with E-state index in [0.29, 0.717) is 6.04 Å². The first-order chi connectivity index (χ1) is 9.26. The number of rotatable bonds is 3. The third-order valence-corrected chi connectivity index (χ3v) is 3.68. The van der Waals surface area contributed by atoms with Crippen LogP contribution in [-0.2, 0) is 0 Å². The SMILES string of the molecule is CNCC1CN(C)CCCN1c1ccccc1C#N. The summed E-state index contributed by atoms with van der Waals surface area (Å²) < 4.78 is 0. The minimum Gasteiger partial charge on any atom is -0.365 e. The van der Waals surface area contributed by atoms with Crippen molar-refractivity contribution in [3.05, 3.63) is 29.8 Å². The lowest BCUT2D eigenvalue weighted by Gasteiger charge is -2.33. The van der Waals surface area contributed by atoms with Gasteiger partial charge in [-0.05, 0) is 39.2 Å². The number of hydrogen-bond acceptors (Lipinski definition) is 4. The number of nitrogens with one attached hydrogen (secondary N) is 1. The molecule has 1 aromatic carbocycles. The minimum absolute atomic E-state index is 0.409. The Kier molecular flexibility index (Phi) is 4.78. The molecule has 1 unspecified atom stereocenters. The summed E-state index contributed by atoms with van der Waals surface area (Å²) in [6, 6.07) is 10.6. The van der Waals surface area contributed by atoms with Gasteiger partial charge in [-0.3, -0.25) is 0 Å². The van der Waals surface area contributed by atoms with E-state index in [-0.39, 0.29) is 0 Å². The van der Waals surface area contributed by atoms with Gasteiger partial charge >= 0.3 is 0 Å². The molecule has 1 fully saturated rings. The lowest BCUT2D eigenvalue weighted by molar-refractivity contribution is 0.328. The fourth-order valence-electron chi connectivity index (χ4n) is 2.79. The van der Waals surface area contributed by atoms with E-state index in [1.54, 1.807) is 0 Å². The number of nitrogens with zero attached hydrogens (tertiary/aromatic N) is 3. The van der Waals surface area contributed by atoms with Crippen LogP contribution in [0, 0.1) is 11.3 Å². The summed E-state index contributed by atoms with van der Waals surface area (Å²) in [5, 5.41) is 12.6. The molecule has 0 saturated carbocycles. The molecule has 1 atom stereocenters. The molecule has 102 valence electrons. The number of benzene rings is 1. The average molecular weight is 258 g/mol. The van der Waals surface area contributed by atoms with E-state index in [1.165, 1.54) is 0 Å². The average Bonchev–Trinajstić information content (AvgIpc) is 2.60. The molecule has 1 heterocycles. The molecule has 0 amide bonds. The van der Waals surface area contributed by atoms with E-state index in [4.69, 9.17) is 0 Å². The highest BCUT2D eigenvalue weighted by molar-refractivity contribution is 5.60. The molecule has 19 heavy (non-hydrogen) atoms. The highest BCUT2D eigenvalue weighted by atomic mass is 15.2. The Morgan fingerprint density at radius 3 is 2.89 bits per heavy atom. The van der Waals surface area contributed by atoms with Crippen LogP contribution in [0.3, 0.4) is 0 Å². The first kappa shape index (κ1) is 13.9. The van der Waals surface area contributed by atoms with Crippen LogP contribution in [0.2, 0.25) is 0 Å². The van der Waals surface area contributed by atoms with E-state index >= 15 is 0 Å². The summed E-state index contributed by atoms with van der Waals surface area (Å²) >= 11 is 0. The summed E-state index contributed by atoms with van der Waals surface area (Å²) in [5.41, 5.74) is 1.84. The van der Waals surface area contributed by atoms with Crippen LogP contribution in [0.5, 0.6) is 0 Å². The Bertz CT molecular complexity index is 452. The maximum absolute atomic E-state index is 9.28. The Labute approximate surface area is 115 Å². The highest BCUT2D eigenvalue weighted by Crippen LogP contribution is 2.23. The van der Waals surface area contributed by atoms with Gasteiger partial charge in [0.05, 0.1) is 17.3 Å². The molecule has 0 aromatic heterocycles. The first-order valence-corrected chi connectivity index (χ1v) is 6.85. The standard InChI is InChI=1S/C15H22N4/c1-17-11-14-12-18(2)8-5-9-19(14)15-7-4-3-6-13(15)10-16/h3-4,6-7,14,17H,5,8-9,11-12H2,1-2H3. The zero-order valence-electron chi connectivity index (χ0n) is 11.8. The minimum atomic E-state index is 0.409. The van der Waals surface area contributed by atoms with Gasteiger partial charge in [-0.2, -0.15) is 5.26 Å². The summed E-state index contributed by atoms with van der Waals surface area (Å²) in [5.74, 6) is 0. The first-order valence-electron chi connectivity index (χ1n) is 6.85. The molecule has 0 aliphatic carbocycles. The van der Waals surface area contributed by atoms with Crippen molar-refractivity contribution in [1.82, 2.24) is 10.2 Å². The maximum Gasteiger partial charge on any atom is 0.101 e. The van der Waals surface area contributed by atoms with E-state index < -0.39 is 0 Å². The number of anilines is 1. The Morgan fingerprint density at radius 1 is 1.37 bits per heavy atom. The monoisotopic (exact) mass is 258 g/mol. The fourth-order valence-corrected chi connectivity index (χ4v) is 2.79. The summed E-state index contributed by atoms with van der Waals surface area (Å²) in [6.07, 6.45) is 1.14. The molecule has 1 aromatic rings. The second kappa shape index (κ2) is 6.55.